The highest BCUT2D eigenvalue weighted by molar-refractivity contribution is 6.32. The number of aromatic amines is 1. The maximum absolute atomic E-state index is 13.0. The highest BCUT2D eigenvalue weighted by Crippen LogP contribution is 2.40. The molecule has 5 rings (SSSR count). The van der Waals surface area contributed by atoms with Gasteiger partial charge in [0.2, 0.25) is 0 Å². The quantitative estimate of drug-likeness (QED) is 0.284. The SMILES string of the molecule is CCNC(=O)c1c(C)c(Cl)cc(C(C)n2nc(-c3ccc4nc[nH]c4c3)c3c(N)ncnc32)c1OCC. The van der Waals surface area contributed by atoms with E-state index in [1.54, 1.807) is 11.0 Å². The van der Waals surface area contributed by atoms with Crippen LogP contribution in [0.1, 0.15) is 48.3 Å². The zero-order chi connectivity index (χ0) is 26.3. The number of hydrogen-bond donors (Lipinski definition) is 3. The van der Waals surface area contributed by atoms with Crippen LogP contribution in [0.15, 0.2) is 36.9 Å². The van der Waals surface area contributed by atoms with E-state index in [0.29, 0.717) is 63.2 Å². The molecule has 10 nitrogen and oxygen atoms in total. The van der Waals surface area contributed by atoms with Crippen LogP contribution in [0.2, 0.25) is 5.02 Å². The van der Waals surface area contributed by atoms with Crippen LogP contribution in [0.3, 0.4) is 0 Å². The molecule has 0 aliphatic heterocycles. The van der Waals surface area contributed by atoms with Gasteiger partial charge in [0.1, 0.15) is 23.6 Å². The number of H-pyrrole nitrogens is 1. The smallest absolute Gasteiger partial charge is 0.255 e. The van der Waals surface area contributed by atoms with E-state index in [4.69, 9.17) is 27.2 Å². The van der Waals surface area contributed by atoms with Crippen molar-refractivity contribution in [2.24, 2.45) is 0 Å². The van der Waals surface area contributed by atoms with Crippen LogP contribution in [-0.2, 0) is 0 Å². The van der Waals surface area contributed by atoms with E-state index >= 15 is 0 Å². The monoisotopic (exact) mass is 518 g/mol. The summed E-state index contributed by atoms with van der Waals surface area (Å²) in [6, 6.07) is 7.24. The Hall–Kier alpha value is -4.18. The number of ether oxygens (including phenoxy) is 1. The molecule has 3 heterocycles. The minimum atomic E-state index is -0.408. The number of amides is 1. The molecule has 11 heteroatoms. The minimum absolute atomic E-state index is 0.246. The molecule has 0 aliphatic rings. The van der Waals surface area contributed by atoms with Gasteiger partial charge < -0.3 is 20.8 Å². The summed E-state index contributed by atoms with van der Waals surface area (Å²) in [4.78, 5) is 29.2. The molecule has 0 spiro atoms. The summed E-state index contributed by atoms with van der Waals surface area (Å²) >= 11 is 6.64. The topological polar surface area (TPSA) is 137 Å². The molecule has 1 atom stereocenters. The molecular weight excluding hydrogens is 492 g/mol. The highest BCUT2D eigenvalue weighted by Gasteiger charge is 2.28. The first kappa shape index (κ1) is 24.5. The largest absolute Gasteiger partial charge is 0.493 e. The van der Waals surface area contributed by atoms with Crippen molar-refractivity contribution in [1.29, 1.82) is 0 Å². The second-order valence-corrected chi connectivity index (χ2v) is 9.04. The molecule has 0 saturated carbocycles. The van der Waals surface area contributed by atoms with Crippen molar-refractivity contribution >= 4 is 45.4 Å². The predicted molar refractivity (Wildman–Crippen MR) is 144 cm³/mol. The molecule has 1 unspecified atom stereocenters. The maximum atomic E-state index is 13.0. The van der Waals surface area contributed by atoms with Crippen LogP contribution in [0, 0.1) is 6.92 Å². The number of rotatable bonds is 7. The number of nitrogens with two attached hydrogens (primary N) is 1. The first-order valence-electron chi connectivity index (χ1n) is 12.0. The number of nitrogen functional groups attached to an aromatic ring is 1. The first-order valence-corrected chi connectivity index (χ1v) is 12.4. The average Bonchev–Trinajstić information content (AvgIpc) is 3.51. The number of halogens is 1. The van der Waals surface area contributed by atoms with Crippen molar-refractivity contribution < 1.29 is 9.53 Å². The Morgan fingerprint density at radius 2 is 2.05 bits per heavy atom. The van der Waals surface area contributed by atoms with Crippen LogP contribution in [0.5, 0.6) is 5.75 Å². The molecule has 1 amide bonds. The van der Waals surface area contributed by atoms with E-state index in [0.717, 1.165) is 16.6 Å². The molecule has 0 fully saturated rings. The Bertz CT molecular complexity index is 1640. The van der Waals surface area contributed by atoms with Gasteiger partial charge >= 0.3 is 0 Å². The Kier molecular flexibility index (Phi) is 6.43. The van der Waals surface area contributed by atoms with Gasteiger partial charge in [-0.25, -0.2) is 19.6 Å². The van der Waals surface area contributed by atoms with Crippen LogP contribution < -0.4 is 15.8 Å². The lowest BCUT2D eigenvalue weighted by atomic mass is 9.98. The molecule has 37 heavy (non-hydrogen) atoms. The normalized spacial score (nSPS) is 12.2. The summed E-state index contributed by atoms with van der Waals surface area (Å²) in [6.45, 7) is 8.36. The van der Waals surface area contributed by atoms with Gasteiger partial charge in [0, 0.05) is 22.7 Å². The number of anilines is 1. The molecule has 0 saturated heterocycles. The van der Waals surface area contributed by atoms with Crippen molar-refractivity contribution in [2.45, 2.75) is 33.7 Å². The fourth-order valence-corrected chi connectivity index (χ4v) is 4.77. The van der Waals surface area contributed by atoms with Gasteiger partial charge in [-0.15, -0.1) is 0 Å². The van der Waals surface area contributed by atoms with Gasteiger partial charge in [-0.05, 0) is 51.5 Å². The molecule has 4 N–H and O–H groups in total. The Morgan fingerprint density at radius 1 is 1.24 bits per heavy atom. The Morgan fingerprint density at radius 3 is 2.81 bits per heavy atom. The number of carbonyl (C=O) groups excluding carboxylic acids is 1. The molecule has 0 radical (unpaired) electrons. The molecule has 0 aliphatic carbocycles. The molecule has 190 valence electrons. The van der Waals surface area contributed by atoms with Crippen molar-refractivity contribution in [3.63, 3.8) is 0 Å². The van der Waals surface area contributed by atoms with Gasteiger partial charge in [0.05, 0.1) is 41.0 Å². The first-order chi connectivity index (χ1) is 17.8. The average molecular weight is 519 g/mol. The van der Waals surface area contributed by atoms with Crippen molar-refractivity contribution in [1.82, 2.24) is 35.0 Å². The van der Waals surface area contributed by atoms with E-state index in [2.05, 4.69) is 25.3 Å². The summed E-state index contributed by atoms with van der Waals surface area (Å²) in [6.07, 6.45) is 3.06. The third-order valence-corrected chi connectivity index (χ3v) is 6.78. The summed E-state index contributed by atoms with van der Waals surface area (Å²) in [5, 5.41) is 8.91. The zero-order valence-corrected chi connectivity index (χ0v) is 21.7. The molecule has 5 aromatic rings. The van der Waals surface area contributed by atoms with Crippen LogP contribution in [0.25, 0.3) is 33.3 Å². The fourth-order valence-electron chi connectivity index (χ4n) is 4.56. The van der Waals surface area contributed by atoms with Gasteiger partial charge in [-0.2, -0.15) is 5.10 Å². The summed E-state index contributed by atoms with van der Waals surface area (Å²) in [5.41, 5.74) is 11.8. The van der Waals surface area contributed by atoms with E-state index in [9.17, 15) is 4.79 Å². The minimum Gasteiger partial charge on any atom is -0.493 e. The fraction of sp³-hybridized carbons (Fsp3) is 0.269. The van der Waals surface area contributed by atoms with E-state index in [-0.39, 0.29) is 5.91 Å². The van der Waals surface area contributed by atoms with Crippen LogP contribution in [0.4, 0.5) is 5.82 Å². The lowest BCUT2D eigenvalue weighted by molar-refractivity contribution is 0.0951. The second kappa shape index (κ2) is 9.70. The molecular formula is C26H27ClN8O2. The van der Waals surface area contributed by atoms with Crippen molar-refractivity contribution in [3.8, 4) is 17.0 Å². The third-order valence-electron chi connectivity index (χ3n) is 6.39. The second-order valence-electron chi connectivity index (χ2n) is 8.63. The van der Waals surface area contributed by atoms with Crippen molar-refractivity contribution in [2.75, 3.05) is 18.9 Å². The number of aromatic nitrogens is 6. The van der Waals surface area contributed by atoms with E-state index in [1.807, 2.05) is 52.0 Å². The molecule has 3 aromatic heterocycles. The number of nitrogens with one attached hydrogen (secondary N) is 2. The van der Waals surface area contributed by atoms with Gasteiger partial charge in [-0.1, -0.05) is 17.7 Å². The number of nitrogens with zero attached hydrogens (tertiary/aromatic N) is 5. The number of fused-ring (bicyclic) bond motifs is 2. The maximum Gasteiger partial charge on any atom is 0.255 e. The lowest BCUT2D eigenvalue weighted by Crippen LogP contribution is -2.25. The predicted octanol–water partition coefficient (Wildman–Crippen LogP) is 4.67. The summed E-state index contributed by atoms with van der Waals surface area (Å²) in [7, 11) is 0. The van der Waals surface area contributed by atoms with Crippen molar-refractivity contribution in [3.05, 3.63) is 58.6 Å². The van der Waals surface area contributed by atoms with Crippen LogP contribution >= 0.6 is 11.6 Å². The Balaban J connectivity index is 1.73. The summed E-state index contributed by atoms with van der Waals surface area (Å²) in [5.74, 6) is 0.539. The lowest BCUT2D eigenvalue weighted by Gasteiger charge is -2.22. The number of imidazole rings is 1. The standard InChI is InChI=1S/C26H27ClN8O2/c1-5-29-26(36)20-13(3)17(27)10-16(23(20)37-6-2)14(4)35-25-21(24(28)32-12-33-25)22(34-35)15-7-8-18-19(9-15)31-11-30-18/h7-12,14H,5-6H2,1-4H3,(H,29,36)(H,30,31)(H2,28,32,33). The Labute approximate surface area is 218 Å². The van der Waals surface area contributed by atoms with E-state index < -0.39 is 6.04 Å². The number of hydrogen-bond acceptors (Lipinski definition) is 7. The van der Waals surface area contributed by atoms with Gasteiger partial charge in [-0.3, -0.25) is 4.79 Å². The number of benzene rings is 2. The van der Waals surface area contributed by atoms with Gasteiger partial charge in [0.25, 0.3) is 5.91 Å². The third kappa shape index (κ3) is 4.13. The highest BCUT2D eigenvalue weighted by atomic mass is 35.5. The van der Waals surface area contributed by atoms with Gasteiger partial charge in [0.15, 0.2) is 5.65 Å². The molecule has 2 aromatic carbocycles. The van der Waals surface area contributed by atoms with Crippen LogP contribution in [-0.4, -0.2) is 48.8 Å². The number of carbonyl (C=O) groups is 1. The molecule has 0 bridgehead atoms. The van der Waals surface area contributed by atoms with E-state index in [1.165, 1.54) is 6.33 Å². The summed E-state index contributed by atoms with van der Waals surface area (Å²) < 4.78 is 7.82. The zero-order valence-electron chi connectivity index (χ0n) is 21.0.